The van der Waals surface area contributed by atoms with Gasteiger partial charge in [-0.3, -0.25) is 0 Å². The van der Waals surface area contributed by atoms with Crippen LogP contribution in [-0.2, 0) is 10.3 Å². The van der Waals surface area contributed by atoms with Crippen LogP contribution in [-0.4, -0.2) is 18.1 Å². The highest BCUT2D eigenvalue weighted by Crippen LogP contribution is 2.29. The van der Waals surface area contributed by atoms with Gasteiger partial charge < -0.3 is 10.5 Å². The molecule has 1 heterocycles. The summed E-state index contributed by atoms with van der Waals surface area (Å²) in [4.78, 5) is 4.59. The van der Waals surface area contributed by atoms with E-state index in [4.69, 9.17) is 10.5 Å². The largest absolute Gasteiger partial charge is 0.372 e. The van der Waals surface area contributed by atoms with Crippen LogP contribution in [0.5, 0.6) is 0 Å². The lowest BCUT2D eigenvalue weighted by molar-refractivity contribution is 0.0189. The summed E-state index contributed by atoms with van der Waals surface area (Å²) in [6, 6.07) is 0.130. The first-order valence-electron chi connectivity index (χ1n) is 5.15. The van der Waals surface area contributed by atoms with E-state index in [1.54, 1.807) is 18.4 Å². The van der Waals surface area contributed by atoms with Crippen LogP contribution in [0.15, 0.2) is 5.38 Å². The average molecular weight is 228 g/mol. The van der Waals surface area contributed by atoms with Crippen molar-refractivity contribution in [3.05, 3.63) is 16.1 Å². The molecule has 15 heavy (non-hydrogen) atoms. The Hall–Kier alpha value is -0.450. The van der Waals surface area contributed by atoms with E-state index in [0.717, 1.165) is 10.7 Å². The van der Waals surface area contributed by atoms with Crippen molar-refractivity contribution < 1.29 is 4.74 Å². The number of nitrogens with two attached hydrogens (primary N) is 1. The van der Waals surface area contributed by atoms with E-state index in [-0.39, 0.29) is 11.6 Å². The zero-order valence-corrected chi connectivity index (χ0v) is 10.9. The number of ether oxygens (including phenoxy) is 1. The van der Waals surface area contributed by atoms with Crippen LogP contribution in [0.3, 0.4) is 0 Å². The number of rotatable bonds is 4. The van der Waals surface area contributed by atoms with E-state index in [1.807, 2.05) is 20.8 Å². The van der Waals surface area contributed by atoms with Crippen LogP contribution in [0.1, 0.15) is 44.3 Å². The second-order valence-electron chi connectivity index (χ2n) is 4.44. The number of aromatic nitrogens is 1. The number of hydrogen-bond acceptors (Lipinski definition) is 4. The molecule has 1 aromatic heterocycles. The molecule has 0 spiro atoms. The molecule has 0 aromatic carbocycles. The van der Waals surface area contributed by atoms with E-state index in [9.17, 15) is 0 Å². The summed E-state index contributed by atoms with van der Waals surface area (Å²) in [6.07, 6.45) is 0. The fraction of sp³-hybridized carbons (Fsp3) is 0.727. The van der Waals surface area contributed by atoms with Crippen molar-refractivity contribution >= 4 is 11.3 Å². The van der Waals surface area contributed by atoms with Crippen molar-refractivity contribution in [2.24, 2.45) is 5.73 Å². The maximum Gasteiger partial charge on any atom is 0.124 e. The van der Waals surface area contributed by atoms with Gasteiger partial charge >= 0.3 is 0 Å². The summed E-state index contributed by atoms with van der Waals surface area (Å²) < 4.78 is 5.39. The van der Waals surface area contributed by atoms with Gasteiger partial charge in [0.15, 0.2) is 0 Å². The van der Waals surface area contributed by atoms with Crippen LogP contribution in [0.25, 0.3) is 0 Å². The van der Waals surface area contributed by atoms with Gasteiger partial charge in [-0.05, 0) is 20.8 Å². The van der Waals surface area contributed by atoms with Gasteiger partial charge in [-0.25, -0.2) is 4.98 Å². The second kappa shape index (κ2) is 4.60. The zero-order chi connectivity index (χ0) is 11.6. The highest BCUT2D eigenvalue weighted by molar-refractivity contribution is 7.09. The minimum atomic E-state index is -0.305. The molecule has 4 heteroatoms. The van der Waals surface area contributed by atoms with Crippen LogP contribution >= 0.6 is 11.3 Å². The van der Waals surface area contributed by atoms with Gasteiger partial charge in [0, 0.05) is 24.4 Å². The molecule has 3 nitrogen and oxygen atoms in total. The summed E-state index contributed by atoms with van der Waals surface area (Å²) in [5.41, 5.74) is 6.61. The number of thiazole rings is 1. The van der Waals surface area contributed by atoms with Gasteiger partial charge in [0.05, 0.1) is 5.69 Å². The van der Waals surface area contributed by atoms with E-state index in [1.165, 1.54) is 0 Å². The first-order valence-corrected chi connectivity index (χ1v) is 6.03. The summed E-state index contributed by atoms with van der Waals surface area (Å²) in [7, 11) is 1.70. The molecule has 0 bridgehead atoms. The highest BCUT2D eigenvalue weighted by Gasteiger charge is 2.25. The van der Waals surface area contributed by atoms with E-state index >= 15 is 0 Å². The second-order valence-corrected chi connectivity index (χ2v) is 5.30. The molecule has 2 atom stereocenters. The molecule has 86 valence electrons. The minimum Gasteiger partial charge on any atom is -0.372 e. The monoisotopic (exact) mass is 228 g/mol. The first-order chi connectivity index (χ1) is 6.88. The lowest BCUT2D eigenvalue weighted by Gasteiger charge is -2.19. The van der Waals surface area contributed by atoms with Crippen molar-refractivity contribution in [3.63, 3.8) is 0 Å². The van der Waals surface area contributed by atoms with Crippen LogP contribution < -0.4 is 5.73 Å². The number of methoxy groups -OCH3 is 1. The van der Waals surface area contributed by atoms with Crippen molar-refractivity contribution in [1.82, 2.24) is 4.98 Å². The molecule has 2 unspecified atom stereocenters. The van der Waals surface area contributed by atoms with Crippen molar-refractivity contribution in [1.29, 1.82) is 0 Å². The summed E-state index contributed by atoms with van der Waals surface area (Å²) in [5.74, 6) is 0.294. The molecule has 0 fully saturated rings. The molecule has 2 N–H and O–H groups in total. The van der Waals surface area contributed by atoms with E-state index in [2.05, 4.69) is 17.3 Å². The third kappa shape index (κ3) is 2.77. The van der Waals surface area contributed by atoms with Crippen molar-refractivity contribution in [2.75, 3.05) is 7.11 Å². The third-order valence-electron chi connectivity index (χ3n) is 2.80. The molecule has 0 amide bonds. The maximum absolute atomic E-state index is 5.85. The lowest BCUT2D eigenvalue weighted by Crippen LogP contribution is -2.23. The van der Waals surface area contributed by atoms with Gasteiger partial charge in [-0.15, -0.1) is 11.3 Å². The van der Waals surface area contributed by atoms with Gasteiger partial charge in [0.25, 0.3) is 0 Å². The van der Waals surface area contributed by atoms with Gasteiger partial charge in [-0.1, -0.05) is 6.92 Å². The van der Waals surface area contributed by atoms with Crippen LogP contribution in [0.2, 0.25) is 0 Å². The molecule has 0 aliphatic rings. The SMILES string of the molecule is COC(C)(C)c1nc(C(C)C(C)N)cs1. The van der Waals surface area contributed by atoms with Crippen molar-refractivity contribution in [2.45, 2.75) is 45.3 Å². The Morgan fingerprint density at radius 2 is 2.07 bits per heavy atom. The molecule has 0 saturated carbocycles. The Balaban J connectivity index is 2.90. The predicted octanol–water partition coefficient (Wildman–Crippen LogP) is 2.48. The average Bonchev–Trinajstić information content (AvgIpc) is 2.65. The Morgan fingerprint density at radius 3 is 2.53 bits per heavy atom. The molecular formula is C11H20N2OS. The zero-order valence-electron chi connectivity index (χ0n) is 10.1. The molecule has 0 aliphatic heterocycles. The molecule has 0 saturated heterocycles. The Morgan fingerprint density at radius 1 is 1.47 bits per heavy atom. The maximum atomic E-state index is 5.85. The molecule has 1 aromatic rings. The smallest absolute Gasteiger partial charge is 0.124 e. The van der Waals surface area contributed by atoms with Gasteiger partial charge in [0.1, 0.15) is 10.6 Å². The third-order valence-corrected chi connectivity index (χ3v) is 3.97. The lowest BCUT2D eigenvalue weighted by atomic mass is 10.0. The fourth-order valence-electron chi connectivity index (χ4n) is 1.13. The Bertz CT molecular complexity index is 320. The molecule has 0 radical (unpaired) electrons. The minimum absolute atomic E-state index is 0.130. The summed E-state index contributed by atoms with van der Waals surface area (Å²) in [5, 5.41) is 3.08. The summed E-state index contributed by atoms with van der Waals surface area (Å²) in [6.45, 7) is 8.15. The van der Waals surface area contributed by atoms with Gasteiger partial charge in [0.2, 0.25) is 0 Å². The Kier molecular flexibility index (Phi) is 3.87. The molecular weight excluding hydrogens is 208 g/mol. The van der Waals surface area contributed by atoms with Gasteiger partial charge in [-0.2, -0.15) is 0 Å². The van der Waals surface area contributed by atoms with Crippen molar-refractivity contribution in [3.8, 4) is 0 Å². The van der Waals surface area contributed by atoms with E-state index in [0.29, 0.717) is 5.92 Å². The van der Waals surface area contributed by atoms with E-state index < -0.39 is 0 Å². The number of hydrogen-bond donors (Lipinski definition) is 1. The van der Waals surface area contributed by atoms with Crippen LogP contribution in [0, 0.1) is 0 Å². The topological polar surface area (TPSA) is 48.1 Å². The Labute approximate surface area is 95.7 Å². The normalized spacial score (nSPS) is 16.4. The summed E-state index contributed by atoms with van der Waals surface area (Å²) >= 11 is 1.64. The number of nitrogens with zero attached hydrogens (tertiary/aromatic N) is 1. The highest BCUT2D eigenvalue weighted by atomic mass is 32.1. The standard InChI is InChI=1S/C11H20N2OS/c1-7(8(2)12)9-6-15-10(13-9)11(3,4)14-5/h6-8H,12H2,1-5H3. The fourth-order valence-corrected chi connectivity index (χ4v) is 2.15. The first kappa shape index (κ1) is 12.6. The molecule has 1 rings (SSSR count). The predicted molar refractivity (Wildman–Crippen MR) is 64.2 cm³/mol. The quantitative estimate of drug-likeness (QED) is 0.861. The van der Waals surface area contributed by atoms with Crippen LogP contribution in [0.4, 0.5) is 0 Å². The molecule has 0 aliphatic carbocycles.